The van der Waals surface area contributed by atoms with E-state index in [2.05, 4.69) is 10.6 Å². The summed E-state index contributed by atoms with van der Waals surface area (Å²) in [4.78, 5) is 26.0. The Bertz CT molecular complexity index is 626. The molecule has 0 aliphatic carbocycles. The van der Waals surface area contributed by atoms with E-state index >= 15 is 0 Å². The van der Waals surface area contributed by atoms with Crippen LogP contribution >= 0.6 is 0 Å². The van der Waals surface area contributed by atoms with Crippen LogP contribution < -0.4 is 20.3 Å². The lowest BCUT2D eigenvalue weighted by atomic mass is 10.0. The lowest BCUT2D eigenvalue weighted by molar-refractivity contribution is 0.0890. The predicted molar refractivity (Wildman–Crippen MR) is 85.0 cm³/mol. The third-order valence-corrected chi connectivity index (χ3v) is 4.22. The van der Waals surface area contributed by atoms with Crippen LogP contribution in [0, 0.1) is 0 Å². The first kappa shape index (κ1) is 15.6. The van der Waals surface area contributed by atoms with Crippen LogP contribution in [0.5, 0.6) is 5.75 Å². The Morgan fingerprint density at radius 2 is 2.30 bits per heavy atom. The average molecular weight is 319 g/mol. The number of anilines is 1. The maximum Gasteiger partial charge on any atom is 0.322 e. The Hall–Kier alpha value is -2.28. The second-order valence-electron chi connectivity index (χ2n) is 6.09. The summed E-state index contributed by atoms with van der Waals surface area (Å²) in [5, 5.41) is 5.76. The van der Waals surface area contributed by atoms with Gasteiger partial charge in [-0.1, -0.05) is 0 Å². The van der Waals surface area contributed by atoms with Crippen molar-refractivity contribution in [3.8, 4) is 5.75 Å². The summed E-state index contributed by atoms with van der Waals surface area (Å²) in [5.41, 5.74) is 0.749. The van der Waals surface area contributed by atoms with E-state index in [0.717, 1.165) is 6.42 Å². The highest BCUT2D eigenvalue weighted by Crippen LogP contribution is 2.30. The number of amides is 3. The van der Waals surface area contributed by atoms with Gasteiger partial charge >= 0.3 is 6.03 Å². The van der Waals surface area contributed by atoms with Gasteiger partial charge in [0.15, 0.2) is 0 Å². The van der Waals surface area contributed by atoms with Crippen molar-refractivity contribution in [1.29, 1.82) is 0 Å². The standard InChI is InChI=1S/C16H21N3O4/c1-16(5-8-23-10-16)18-14(20)11-3-4-13(22-2)12(9-11)19-7-6-17-15(19)21/h3-4,9H,5-8,10H2,1-2H3,(H,17,21)(H,18,20). The molecule has 2 N–H and O–H groups in total. The highest BCUT2D eigenvalue weighted by molar-refractivity contribution is 6.00. The Morgan fingerprint density at radius 1 is 1.48 bits per heavy atom. The molecule has 1 aromatic carbocycles. The zero-order valence-electron chi connectivity index (χ0n) is 13.3. The van der Waals surface area contributed by atoms with Gasteiger partial charge in [0, 0.05) is 25.3 Å². The number of nitrogens with zero attached hydrogens (tertiary/aromatic N) is 1. The molecule has 23 heavy (non-hydrogen) atoms. The minimum absolute atomic E-state index is 0.179. The number of benzene rings is 1. The van der Waals surface area contributed by atoms with Gasteiger partial charge in [0.1, 0.15) is 5.75 Å². The largest absolute Gasteiger partial charge is 0.495 e. The summed E-state index contributed by atoms with van der Waals surface area (Å²) in [6.07, 6.45) is 0.788. The van der Waals surface area contributed by atoms with E-state index in [1.807, 2.05) is 6.92 Å². The minimum atomic E-state index is -0.345. The normalized spacial score (nSPS) is 23.7. The molecule has 0 spiro atoms. The van der Waals surface area contributed by atoms with E-state index in [1.54, 1.807) is 30.2 Å². The van der Waals surface area contributed by atoms with Crippen LogP contribution in [0.4, 0.5) is 10.5 Å². The summed E-state index contributed by atoms with van der Waals surface area (Å²) >= 11 is 0. The molecule has 2 aliphatic rings. The Kier molecular flexibility index (Phi) is 4.12. The van der Waals surface area contributed by atoms with E-state index in [9.17, 15) is 9.59 Å². The number of urea groups is 1. The molecule has 1 unspecified atom stereocenters. The molecule has 7 nitrogen and oxygen atoms in total. The molecular formula is C16H21N3O4. The molecule has 0 bridgehead atoms. The molecule has 2 fully saturated rings. The average Bonchev–Trinajstić information content (AvgIpc) is 3.15. The van der Waals surface area contributed by atoms with Gasteiger partial charge in [-0.2, -0.15) is 0 Å². The molecule has 0 saturated carbocycles. The van der Waals surface area contributed by atoms with Crippen LogP contribution in [-0.2, 0) is 4.74 Å². The maximum absolute atomic E-state index is 12.5. The van der Waals surface area contributed by atoms with E-state index in [-0.39, 0.29) is 17.5 Å². The fourth-order valence-corrected chi connectivity index (χ4v) is 2.86. The van der Waals surface area contributed by atoms with Gasteiger partial charge in [-0.3, -0.25) is 9.69 Å². The molecule has 0 aromatic heterocycles. The zero-order chi connectivity index (χ0) is 16.4. The second-order valence-corrected chi connectivity index (χ2v) is 6.09. The van der Waals surface area contributed by atoms with Gasteiger partial charge < -0.3 is 20.1 Å². The topological polar surface area (TPSA) is 79.9 Å². The van der Waals surface area contributed by atoms with Crippen LogP contribution in [0.1, 0.15) is 23.7 Å². The third kappa shape index (κ3) is 3.10. The fourth-order valence-electron chi connectivity index (χ4n) is 2.86. The lowest BCUT2D eigenvalue weighted by Gasteiger charge is -2.24. The minimum Gasteiger partial charge on any atom is -0.495 e. The number of nitrogens with one attached hydrogen (secondary N) is 2. The van der Waals surface area contributed by atoms with Gasteiger partial charge in [0.2, 0.25) is 0 Å². The summed E-state index contributed by atoms with van der Waals surface area (Å²) in [5.74, 6) is 0.385. The lowest BCUT2D eigenvalue weighted by Crippen LogP contribution is -2.46. The van der Waals surface area contributed by atoms with Crippen molar-refractivity contribution in [2.24, 2.45) is 0 Å². The number of hydrogen-bond donors (Lipinski definition) is 2. The summed E-state index contributed by atoms with van der Waals surface area (Å²) < 4.78 is 10.7. The number of methoxy groups -OCH3 is 1. The summed E-state index contributed by atoms with van der Waals surface area (Å²) in [6, 6.07) is 4.92. The molecule has 124 valence electrons. The highest BCUT2D eigenvalue weighted by atomic mass is 16.5. The Labute approximate surface area is 134 Å². The Morgan fingerprint density at radius 3 is 2.91 bits per heavy atom. The van der Waals surface area contributed by atoms with Crippen molar-refractivity contribution in [2.45, 2.75) is 18.9 Å². The van der Waals surface area contributed by atoms with Crippen molar-refractivity contribution in [3.05, 3.63) is 23.8 Å². The molecule has 2 heterocycles. The number of carbonyl (C=O) groups is 2. The van der Waals surface area contributed by atoms with Crippen molar-refractivity contribution in [2.75, 3.05) is 38.3 Å². The van der Waals surface area contributed by atoms with Crippen molar-refractivity contribution in [1.82, 2.24) is 10.6 Å². The van der Waals surface area contributed by atoms with Crippen LogP contribution in [0.3, 0.4) is 0 Å². The third-order valence-electron chi connectivity index (χ3n) is 4.22. The van der Waals surface area contributed by atoms with E-state index in [0.29, 0.717) is 43.3 Å². The monoisotopic (exact) mass is 319 g/mol. The highest BCUT2D eigenvalue weighted by Gasteiger charge is 2.32. The number of carbonyl (C=O) groups excluding carboxylic acids is 2. The van der Waals surface area contributed by atoms with Gasteiger partial charge in [-0.15, -0.1) is 0 Å². The molecule has 1 atom stereocenters. The number of hydrogen-bond acceptors (Lipinski definition) is 4. The SMILES string of the molecule is COc1ccc(C(=O)NC2(C)CCOC2)cc1N1CCNC1=O. The van der Waals surface area contributed by atoms with Crippen molar-refractivity contribution in [3.63, 3.8) is 0 Å². The molecule has 1 aromatic rings. The van der Waals surface area contributed by atoms with E-state index in [4.69, 9.17) is 9.47 Å². The molecular weight excluding hydrogens is 298 g/mol. The quantitative estimate of drug-likeness (QED) is 0.872. The van der Waals surface area contributed by atoms with Crippen molar-refractivity contribution < 1.29 is 19.1 Å². The maximum atomic E-state index is 12.5. The predicted octanol–water partition coefficient (Wildman–Crippen LogP) is 1.13. The van der Waals surface area contributed by atoms with Crippen LogP contribution in [0.15, 0.2) is 18.2 Å². The molecule has 3 amide bonds. The second kappa shape index (κ2) is 6.08. The van der Waals surface area contributed by atoms with Crippen LogP contribution in [-0.4, -0.2) is 50.9 Å². The molecule has 3 rings (SSSR count). The fraction of sp³-hybridized carbons (Fsp3) is 0.500. The number of rotatable bonds is 4. The number of ether oxygens (including phenoxy) is 2. The van der Waals surface area contributed by atoms with Crippen LogP contribution in [0.2, 0.25) is 0 Å². The first-order valence-corrected chi connectivity index (χ1v) is 7.66. The van der Waals surface area contributed by atoms with Gasteiger partial charge in [0.05, 0.1) is 24.9 Å². The van der Waals surface area contributed by atoms with Gasteiger partial charge in [-0.25, -0.2) is 4.79 Å². The van der Waals surface area contributed by atoms with Crippen molar-refractivity contribution >= 4 is 17.6 Å². The molecule has 0 radical (unpaired) electrons. The van der Waals surface area contributed by atoms with E-state index in [1.165, 1.54) is 0 Å². The molecule has 2 saturated heterocycles. The molecule has 7 heteroatoms. The summed E-state index contributed by atoms with van der Waals surface area (Å²) in [6.45, 7) is 4.25. The van der Waals surface area contributed by atoms with Gasteiger partial charge in [0.25, 0.3) is 5.91 Å². The zero-order valence-corrected chi connectivity index (χ0v) is 13.3. The first-order valence-electron chi connectivity index (χ1n) is 7.66. The van der Waals surface area contributed by atoms with Crippen LogP contribution in [0.25, 0.3) is 0 Å². The summed E-state index contributed by atoms with van der Waals surface area (Å²) in [7, 11) is 1.55. The van der Waals surface area contributed by atoms with Gasteiger partial charge in [-0.05, 0) is 31.5 Å². The molecule has 2 aliphatic heterocycles. The Balaban J connectivity index is 1.85. The van der Waals surface area contributed by atoms with E-state index < -0.39 is 0 Å². The smallest absolute Gasteiger partial charge is 0.322 e. The first-order chi connectivity index (χ1) is 11.0.